The average Bonchev–Trinajstić information content (AvgIpc) is 2.71. The Morgan fingerprint density at radius 1 is 1.00 bits per heavy atom. The van der Waals surface area contributed by atoms with Crippen LogP contribution in [0.25, 0.3) is 0 Å². The maximum atomic E-state index is 13.4. The summed E-state index contributed by atoms with van der Waals surface area (Å²) in [5.74, 6) is 0.690. The van der Waals surface area contributed by atoms with Gasteiger partial charge in [-0.2, -0.15) is 0 Å². The van der Waals surface area contributed by atoms with Gasteiger partial charge < -0.3 is 14.4 Å². The number of nitrogens with zero attached hydrogens (tertiary/aromatic N) is 2. The van der Waals surface area contributed by atoms with Gasteiger partial charge in [0, 0.05) is 26.1 Å². The number of methoxy groups -OCH3 is 1. The summed E-state index contributed by atoms with van der Waals surface area (Å²) in [5, 5.41) is 0. The minimum atomic E-state index is -0.619. The molecule has 0 N–H and O–H groups in total. The standard InChI is InChI=1S/C24H30N2O4/c1-24(2,3)30-23(28)26-15-14-25(17-19-8-6-5-7-9-19)22(27)21(26)16-18-10-12-20(29-4)13-11-18/h5-13,21H,14-17H2,1-4H3/t21-/m0/s1. The van der Waals surface area contributed by atoms with Gasteiger partial charge in [0.05, 0.1) is 7.11 Å². The van der Waals surface area contributed by atoms with E-state index in [1.165, 1.54) is 0 Å². The third-order valence-corrected chi connectivity index (χ3v) is 5.02. The summed E-state index contributed by atoms with van der Waals surface area (Å²) in [6.07, 6.45) is -0.0263. The molecular formula is C24H30N2O4. The first-order valence-electron chi connectivity index (χ1n) is 10.2. The summed E-state index contributed by atoms with van der Waals surface area (Å²) in [6.45, 7) is 6.94. The lowest BCUT2D eigenvalue weighted by Crippen LogP contribution is -2.59. The molecule has 0 aromatic heterocycles. The summed E-state index contributed by atoms with van der Waals surface area (Å²) in [5.41, 5.74) is 1.41. The third kappa shape index (κ3) is 5.53. The molecule has 2 aromatic rings. The second-order valence-electron chi connectivity index (χ2n) is 8.49. The van der Waals surface area contributed by atoms with Crippen molar-refractivity contribution in [3.05, 3.63) is 65.7 Å². The number of amides is 2. The van der Waals surface area contributed by atoms with Gasteiger partial charge in [-0.25, -0.2) is 4.79 Å². The molecule has 1 aliphatic heterocycles. The van der Waals surface area contributed by atoms with Gasteiger partial charge >= 0.3 is 6.09 Å². The SMILES string of the molecule is COc1ccc(C[C@H]2C(=O)N(Cc3ccccc3)CCN2C(=O)OC(C)(C)C)cc1. The number of carbonyl (C=O) groups is 2. The first kappa shape index (κ1) is 21.7. The molecule has 0 bridgehead atoms. The number of rotatable bonds is 5. The number of ether oxygens (including phenoxy) is 2. The lowest BCUT2D eigenvalue weighted by molar-refractivity contribution is -0.142. The van der Waals surface area contributed by atoms with Gasteiger partial charge in [-0.1, -0.05) is 42.5 Å². The van der Waals surface area contributed by atoms with E-state index in [4.69, 9.17) is 9.47 Å². The molecule has 6 nitrogen and oxygen atoms in total. The summed E-state index contributed by atoms with van der Waals surface area (Å²) in [6, 6.07) is 16.9. The number of hydrogen-bond acceptors (Lipinski definition) is 4. The summed E-state index contributed by atoms with van der Waals surface area (Å²) >= 11 is 0. The zero-order valence-corrected chi connectivity index (χ0v) is 18.1. The Balaban J connectivity index is 1.82. The van der Waals surface area contributed by atoms with Crippen LogP contribution in [0.1, 0.15) is 31.9 Å². The molecule has 0 unspecified atom stereocenters. The molecule has 1 atom stereocenters. The molecule has 2 amide bonds. The minimum absolute atomic E-state index is 0.0632. The van der Waals surface area contributed by atoms with Crippen LogP contribution >= 0.6 is 0 Å². The van der Waals surface area contributed by atoms with Crippen LogP contribution in [-0.2, 0) is 22.5 Å². The van der Waals surface area contributed by atoms with Gasteiger partial charge in [0.25, 0.3) is 0 Å². The van der Waals surface area contributed by atoms with Crippen LogP contribution in [0.3, 0.4) is 0 Å². The molecule has 2 aromatic carbocycles. The monoisotopic (exact) mass is 410 g/mol. The van der Waals surface area contributed by atoms with Crippen molar-refractivity contribution in [3.8, 4) is 5.75 Å². The van der Waals surface area contributed by atoms with Crippen molar-refractivity contribution in [1.82, 2.24) is 9.80 Å². The molecule has 30 heavy (non-hydrogen) atoms. The zero-order valence-electron chi connectivity index (χ0n) is 18.1. The van der Waals surface area contributed by atoms with Crippen molar-refractivity contribution in [3.63, 3.8) is 0 Å². The Morgan fingerprint density at radius 3 is 2.27 bits per heavy atom. The van der Waals surface area contributed by atoms with Crippen molar-refractivity contribution >= 4 is 12.0 Å². The van der Waals surface area contributed by atoms with Crippen LogP contribution in [-0.4, -0.2) is 53.6 Å². The molecule has 160 valence electrons. The fourth-order valence-corrected chi connectivity index (χ4v) is 3.52. The maximum absolute atomic E-state index is 13.4. The smallest absolute Gasteiger partial charge is 0.411 e. The van der Waals surface area contributed by atoms with Crippen LogP contribution in [0.15, 0.2) is 54.6 Å². The Bertz CT molecular complexity index is 859. The number of hydrogen-bond donors (Lipinski definition) is 0. The summed E-state index contributed by atoms with van der Waals surface area (Å²) in [4.78, 5) is 29.6. The van der Waals surface area contributed by atoms with E-state index in [0.29, 0.717) is 26.1 Å². The third-order valence-electron chi connectivity index (χ3n) is 5.02. The predicted molar refractivity (Wildman–Crippen MR) is 115 cm³/mol. The molecule has 6 heteroatoms. The van der Waals surface area contributed by atoms with Crippen LogP contribution in [0.2, 0.25) is 0 Å². The van der Waals surface area contributed by atoms with E-state index < -0.39 is 17.7 Å². The van der Waals surface area contributed by atoms with Crippen molar-refractivity contribution in [2.24, 2.45) is 0 Å². The van der Waals surface area contributed by atoms with Gasteiger partial charge in [-0.3, -0.25) is 9.69 Å². The highest BCUT2D eigenvalue weighted by atomic mass is 16.6. The molecule has 1 fully saturated rings. The van der Waals surface area contributed by atoms with E-state index in [0.717, 1.165) is 16.9 Å². The molecule has 1 aliphatic rings. The first-order valence-corrected chi connectivity index (χ1v) is 10.2. The average molecular weight is 411 g/mol. The Morgan fingerprint density at radius 2 is 1.67 bits per heavy atom. The highest BCUT2D eigenvalue weighted by molar-refractivity contribution is 5.87. The molecule has 0 spiro atoms. The fourth-order valence-electron chi connectivity index (χ4n) is 3.52. The highest BCUT2D eigenvalue weighted by Gasteiger charge is 2.39. The molecule has 0 aliphatic carbocycles. The van der Waals surface area contributed by atoms with Crippen LogP contribution < -0.4 is 4.74 Å². The fraction of sp³-hybridized carbons (Fsp3) is 0.417. The van der Waals surface area contributed by atoms with Crippen LogP contribution in [0, 0.1) is 0 Å². The lowest BCUT2D eigenvalue weighted by Gasteiger charge is -2.41. The molecular weight excluding hydrogens is 380 g/mol. The van der Waals surface area contributed by atoms with Crippen molar-refractivity contribution < 1.29 is 19.1 Å². The van der Waals surface area contributed by atoms with E-state index >= 15 is 0 Å². The Labute approximate surface area is 178 Å². The lowest BCUT2D eigenvalue weighted by atomic mass is 10.0. The second kappa shape index (κ2) is 9.20. The van der Waals surface area contributed by atoms with Crippen molar-refractivity contribution in [1.29, 1.82) is 0 Å². The molecule has 1 saturated heterocycles. The van der Waals surface area contributed by atoms with Crippen molar-refractivity contribution in [2.75, 3.05) is 20.2 Å². The normalized spacial score (nSPS) is 17.1. The van der Waals surface area contributed by atoms with Gasteiger partial charge in [-0.15, -0.1) is 0 Å². The van der Waals surface area contributed by atoms with Crippen LogP contribution in [0.4, 0.5) is 4.79 Å². The minimum Gasteiger partial charge on any atom is -0.497 e. The van der Waals surface area contributed by atoms with Gasteiger partial charge in [0.15, 0.2) is 0 Å². The first-order chi connectivity index (χ1) is 14.3. The number of carbonyl (C=O) groups excluding carboxylic acids is 2. The van der Waals surface area contributed by atoms with Crippen molar-refractivity contribution in [2.45, 2.75) is 45.4 Å². The van der Waals surface area contributed by atoms with E-state index in [-0.39, 0.29) is 5.91 Å². The van der Waals surface area contributed by atoms with Gasteiger partial charge in [0.2, 0.25) is 5.91 Å². The van der Waals surface area contributed by atoms with Crippen LogP contribution in [0.5, 0.6) is 5.75 Å². The molecule has 0 radical (unpaired) electrons. The summed E-state index contributed by atoms with van der Waals surface area (Å²) in [7, 11) is 1.62. The zero-order chi connectivity index (χ0) is 21.7. The summed E-state index contributed by atoms with van der Waals surface area (Å²) < 4.78 is 10.8. The largest absolute Gasteiger partial charge is 0.497 e. The molecule has 0 saturated carbocycles. The molecule has 3 rings (SSSR count). The number of piperazine rings is 1. The van der Waals surface area contributed by atoms with E-state index in [1.807, 2.05) is 80.3 Å². The van der Waals surface area contributed by atoms with Gasteiger partial charge in [-0.05, 0) is 44.0 Å². The highest BCUT2D eigenvalue weighted by Crippen LogP contribution is 2.22. The molecule has 1 heterocycles. The van der Waals surface area contributed by atoms with Gasteiger partial charge in [0.1, 0.15) is 17.4 Å². The topological polar surface area (TPSA) is 59.1 Å². The quantitative estimate of drug-likeness (QED) is 0.750. The van der Waals surface area contributed by atoms with E-state index in [1.54, 1.807) is 12.0 Å². The predicted octanol–water partition coefficient (Wildman–Crippen LogP) is 3.89. The van der Waals surface area contributed by atoms with E-state index in [2.05, 4.69) is 0 Å². The van der Waals surface area contributed by atoms with E-state index in [9.17, 15) is 9.59 Å². The Kier molecular flexibility index (Phi) is 6.65. The maximum Gasteiger partial charge on any atom is 0.411 e. The second-order valence-corrected chi connectivity index (χ2v) is 8.49. The Hall–Kier alpha value is -3.02. The number of benzene rings is 2.